The van der Waals surface area contributed by atoms with Gasteiger partial charge in [-0.3, -0.25) is 0 Å². The predicted molar refractivity (Wildman–Crippen MR) is 15.2 cm³/mol. The van der Waals surface area contributed by atoms with Gasteiger partial charge in [0.2, 0.25) is 0 Å². The van der Waals surface area contributed by atoms with Crippen molar-refractivity contribution in [2.75, 3.05) is 0 Å². The minimum atomic E-state index is -4.20. The van der Waals surface area contributed by atoms with Crippen molar-refractivity contribution in [3.8, 4) is 0 Å². The van der Waals surface area contributed by atoms with Gasteiger partial charge in [-0.2, -0.15) is 0 Å². The van der Waals surface area contributed by atoms with Crippen LogP contribution in [0.15, 0.2) is 0 Å². The average Bonchev–Trinajstić information content (AvgIpc) is 0.811. The van der Waals surface area contributed by atoms with Crippen LogP contribution in [0.4, 0.5) is 0 Å². The summed E-state index contributed by atoms with van der Waals surface area (Å²) in [7, 11) is 0. The molecule has 1 radical (unpaired) electrons. The summed E-state index contributed by atoms with van der Waals surface area (Å²) in [6.45, 7) is 0. The summed E-state index contributed by atoms with van der Waals surface area (Å²) in [5.74, 6) is 0. The molecular weight excluding hydrogens is 202 g/mol. The predicted octanol–water partition coefficient (Wildman–Crippen LogP) is -3.15. The average molecular weight is 203 g/mol. The van der Waals surface area contributed by atoms with E-state index in [1.807, 2.05) is 0 Å². The van der Waals surface area contributed by atoms with Crippen LogP contribution in [0, 0.1) is 0 Å². The van der Waals surface area contributed by atoms with E-state index in [9.17, 15) is 0 Å². The van der Waals surface area contributed by atoms with Crippen molar-refractivity contribution in [3.63, 3.8) is 0 Å². The van der Waals surface area contributed by atoms with Crippen LogP contribution < -0.4 is 6.77 Å². The molecule has 0 aromatic heterocycles. The Bertz CT molecular complexity index is 29.9. The van der Waals surface area contributed by atoms with Crippen LogP contribution in [-0.4, -0.2) is 21.0 Å². The number of hydrogen-bond acceptors (Lipinski definition) is 4. The van der Waals surface area contributed by atoms with Gasteiger partial charge in [0.05, 0.1) is 0 Å². The second-order valence-electron chi connectivity index (χ2n) is 0.224. The van der Waals surface area contributed by atoms with Crippen LogP contribution in [0.5, 0.6) is 0 Å². The van der Waals surface area contributed by atoms with Gasteiger partial charge in [-0.05, 0) is 0 Å². The van der Waals surface area contributed by atoms with Crippen molar-refractivity contribution in [1.82, 2.24) is 0 Å². The summed E-state index contributed by atoms with van der Waals surface area (Å²) in [5, 5.41) is 0. The Morgan fingerprint density at radius 3 is 1.40 bits per heavy atom. The Morgan fingerprint density at radius 1 is 1.40 bits per heavy atom. The first-order valence-corrected chi connectivity index (χ1v) is 3.67. The minimum absolute atomic E-state index is 0. The first-order valence-electron chi connectivity index (χ1n) is 0.548. The zero-order valence-electron chi connectivity index (χ0n) is 2.12. The maximum atomic E-state index is 8.60. The fraction of sp³-hybridized carbons (Fsp3) is 0. The van der Waals surface area contributed by atoms with Crippen molar-refractivity contribution >= 4 is 34.5 Å². The Morgan fingerprint density at radius 2 is 1.40 bits per heavy atom. The molecule has 33 valence electrons. The van der Waals surface area contributed by atoms with Crippen molar-refractivity contribution < 1.29 is 9.79 Å². The van der Waals surface area contributed by atoms with Crippen molar-refractivity contribution in [2.45, 2.75) is 0 Å². The van der Waals surface area contributed by atoms with E-state index in [0.717, 1.165) is 0 Å². The molecule has 0 saturated heterocycles. The van der Waals surface area contributed by atoms with E-state index >= 15 is 0 Å². The Hall–Kier alpha value is 0.888. The summed E-state index contributed by atoms with van der Waals surface area (Å²) in [5.41, 5.74) is 0. The van der Waals surface area contributed by atoms with Crippen molar-refractivity contribution in [3.05, 3.63) is 0 Å². The molecule has 0 spiro atoms. The van der Waals surface area contributed by atoms with Crippen LogP contribution in [-0.2, 0) is 16.5 Å². The van der Waals surface area contributed by atoms with Crippen LogP contribution in [0.3, 0.4) is 0 Å². The summed E-state index contributed by atoms with van der Waals surface area (Å²) in [4.78, 5) is 0. The molecule has 0 atom stereocenters. The Balaban J connectivity index is 0. The SMILES string of the molecule is [O]=[Sb]([O-])[O-].[SH-]. The van der Waals surface area contributed by atoms with Gasteiger partial charge in [-0.25, -0.2) is 0 Å². The molecule has 0 saturated carbocycles. The van der Waals surface area contributed by atoms with Gasteiger partial charge >= 0.3 is 30.8 Å². The van der Waals surface area contributed by atoms with Gasteiger partial charge in [0.15, 0.2) is 0 Å². The molecule has 0 fully saturated rings. The van der Waals surface area contributed by atoms with E-state index in [4.69, 9.17) is 9.79 Å². The molecule has 0 N–H and O–H groups in total. The molecule has 5 heavy (non-hydrogen) atoms. The topological polar surface area (TPSA) is 63.2 Å². The zero-order valence-corrected chi connectivity index (χ0v) is 5.57. The van der Waals surface area contributed by atoms with Gasteiger partial charge in [-0.15, -0.1) is 0 Å². The summed E-state index contributed by atoms with van der Waals surface area (Å²) in [6, 6.07) is 0. The molecule has 5 heteroatoms. The first kappa shape index (κ1) is 9.31. The molecule has 0 bridgehead atoms. The van der Waals surface area contributed by atoms with E-state index in [0.29, 0.717) is 0 Å². The van der Waals surface area contributed by atoms with Crippen molar-refractivity contribution in [2.24, 2.45) is 0 Å². The van der Waals surface area contributed by atoms with Gasteiger partial charge in [0.1, 0.15) is 0 Å². The number of hydrogen-bond donors (Lipinski definition) is 0. The van der Waals surface area contributed by atoms with Crippen LogP contribution in [0.25, 0.3) is 0 Å². The Kier molecular flexibility index (Phi) is 9.10. The van der Waals surface area contributed by atoms with Crippen LogP contribution >= 0.6 is 0 Å². The van der Waals surface area contributed by atoms with E-state index in [2.05, 4.69) is 0 Å². The largest absolute Gasteiger partial charge is 0.813 e. The first-order chi connectivity index (χ1) is 1.73. The molecule has 0 amide bonds. The molecule has 0 aromatic rings. The fourth-order valence-corrected chi connectivity index (χ4v) is 0. The van der Waals surface area contributed by atoms with Gasteiger partial charge < -0.3 is 13.5 Å². The molecule has 0 heterocycles. The summed E-state index contributed by atoms with van der Waals surface area (Å²) in [6.07, 6.45) is 0. The normalized spacial score (nSPS) is 5.20. The van der Waals surface area contributed by atoms with Gasteiger partial charge in [-0.1, -0.05) is 0 Å². The monoisotopic (exact) mass is 202 g/mol. The maximum absolute atomic E-state index is 8.60. The van der Waals surface area contributed by atoms with Crippen molar-refractivity contribution in [1.29, 1.82) is 0 Å². The smallest absolute Gasteiger partial charge is 0.813 e. The fourth-order valence-electron chi connectivity index (χ4n) is 0. The third-order valence-corrected chi connectivity index (χ3v) is 0. The van der Waals surface area contributed by atoms with E-state index in [1.165, 1.54) is 0 Å². The molecule has 0 aliphatic rings. The van der Waals surface area contributed by atoms with Crippen LogP contribution in [0.1, 0.15) is 0 Å². The maximum Gasteiger partial charge on any atom is -0.813 e. The second-order valence-corrected chi connectivity index (χ2v) is 1.50. The van der Waals surface area contributed by atoms with Crippen LogP contribution in [0.2, 0.25) is 0 Å². The molecule has 0 aliphatic carbocycles. The number of rotatable bonds is 0. The standard InChI is InChI=1S/3O.H2S.Sb/h;;;1H2;/q;2*-1;;/p-1. The summed E-state index contributed by atoms with van der Waals surface area (Å²) >= 11 is -4.20. The molecule has 0 unspecified atom stereocenters. The molecule has 0 aromatic carbocycles. The zero-order chi connectivity index (χ0) is 3.58. The molecule has 0 rings (SSSR count). The molecule has 0 aliphatic heterocycles. The van der Waals surface area contributed by atoms with E-state index < -0.39 is 21.0 Å². The minimum Gasteiger partial charge on any atom is -0.813 e. The number of thiol groups is 1. The Labute approximate surface area is 44.5 Å². The van der Waals surface area contributed by atoms with Gasteiger partial charge in [0, 0.05) is 0 Å². The summed E-state index contributed by atoms with van der Waals surface area (Å²) < 4.78 is 25.8. The van der Waals surface area contributed by atoms with E-state index in [-0.39, 0.29) is 13.5 Å². The van der Waals surface area contributed by atoms with E-state index in [1.54, 1.807) is 0 Å². The quantitative estimate of drug-likeness (QED) is 0.237. The molecule has 3 nitrogen and oxygen atoms in total. The third kappa shape index (κ3) is 51.7. The van der Waals surface area contributed by atoms with Gasteiger partial charge in [0.25, 0.3) is 0 Å². The third-order valence-electron chi connectivity index (χ3n) is 0. The second kappa shape index (κ2) is 4.89. The molecular formula is HO3SSb-3.